The smallest absolute Gasteiger partial charge is 0.289 e. The fourth-order valence-corrected chi connectivity index (χ4v) is 3.78. The summed E-state index contributed by atoms with van der Waals surface area (Å²) < 4.78 is 26.3. The highest BCUT2D eigenvalue weighted by molar-refractivity contribution is 7.89. The number of nitro groups is 1. The second-order valence-electron chi connectivity index (χ2n) is 5.46. The standard InChI is InChI=1S/C16H19N3O4S/c1-18(12-14(17)11-13-7-3-2-4-8-13)24(22,23)16-10-6-5-9-15(16)19(20)21/h2-10,14H,11-12,17H2,1H3. The van der Waals surface area contributed by atoms with E-state index < -0.39 is 26.7 Å². The van der Waals surface area contributed by atoms with E-state index in [2.05, 4.69) is 0 Å². The van der Waals surface area contributed by atoms with Crippen molar-refractivity contribution in [3.8, 4) is 0 Å². The van der Waals surface area contributed by atoms with E-state index in [1.165, 1.54) is 31.3 Å². The number of sulfonamides is 1. The summed E-state index contributed by atoms with van der Waals surface area (Å²) in [4.78, 5) is 10.0. The Morgan fingerprint density at radius 1 is 1.12 bits per heavy atom. The highest BCUT2D eigenvalue weighted by Crippen LogP contribution is 2.25. The summed E-state index contributed by atoms with van der Waals surface area (Å²) in [5.41, 5.74) is 6.60. The molecule has 2 aromatic rings. The summed E-state index contributed by atoms with van der Waals surface area (Å²) >= 11 is 0. The third-order valence-corrected chi connectivity index (χ3v) is 5.45. The van der Waals surface area contributed by atoms with Gasteiger partial charge in [0, 0.05) is 25.7 Å². The lowest BCUT2D eigenvalue weighted by atomic mass is 10.1. The number of nitro benzene ring substituents is 1. The van der Waals surface area contributed by atoms with Crippen LogP contribution in [0.3, 0.4) is 0 Å². The molecule has 0 heterocycles. The minimum atomic E-state index is -3.99. The molecule has 24 heavy (non-hydrogen) atoms. The molecule has 1 atom stereocenters. The quantitative estimate of drug-likeness (QED) is 0.606. The number of hydrogen-bond acceptors (Lipinski definition) is 5. The molecular weight excluding hydrogens is 330 g/mol. The Labute approximate surface area is 140 Å². The van der Waals surface area contributed by atoms with Crippen molar-refractivity contribution < 1.29 is 13.3 Å². The van der Waals surface area contributed by atoms with Crippen LogP contribution in [0.1, 0.15) is 5.56 Å². The zero-order valence-electron chi connectivity index (χ0n) is 13.2. The number of para-hydroxylation sites is 1. The van der Waals surface area contributed by atoms with Gasteiger partial charge < -0.3 is 5.73 Å². The van der Waals surface area contributed by atoms with Gasteiger partial charge in [-0.15, -0.1) is 0 Å². The van der Waals surface area contributed by atoms with Gasteiger partial charge in [0.2, 0.25) is 10.0 Å². The lowest BCUT2D eigenvalue weighted by Crippen LogP contribution is -2.40. The molecule has 0 bridgehead atoms. The van der Waals surface area contributed by atoms with Crippen molar-refractivity contribution in [2.75, 3.05) is 13.6 Å². The molecule has 0 saturated heterocycles. The van der Waals surface area contributed by atoms with Crippen molar-refractivity contribution in [3.05, 3.63) is 70.3 Å². The number of likely N-dealkylation sites (N-methyl/N-ethyl adjacent to an activating group) is 1. The molecule has 0 aromatic heterocycles. The van der Waals surface area contributed by atoms with Crippen molar-refractivity contribution in [1.29, 1.82) is 0 Å². The monoisotopic (exact) mass is 349 g/mol. The normalized spacial score (nSPS) is 13.0. The molecule has 2 N–H and O–H groups in total. The highest BCUT2D eigenvalue weighted by atomic mass is 32.2. The van der Waals surface area contributed by atoms with E-state index >= 15 is 0 Å². The molecule has 0 spiro atoms. The average Bonchev–Trinajstić information content (AvgIpc) is 2.55. The van der Waals surface area contributed by atoms with Crippen LogP contribution in [0.4, 0.5) is 5.69 Å². The van der Waals surface area contributed by atoms with Crippen molar-refractivity contribution >= 4 is 15.7 Å². The van der Waals surface area contributed by atoms with E-state index in [0.29, 0.717) is 6.42 Å². The Morgan fingerprint density at radius 3 is 2.33 bits per heavy atom. The highest BCUT2D eigenvalue weighted by Gasteiger charge is 2.29. The summed E-state index contributed by atoms with van der Waals surface area (Å²) in [6.07, 6.45) is 0.511. The number of hydrogen-bond donors (Lipinski definition) is 1. The fraction of sp³-hybridized carbons (Fsp3) is 0.250. The van der Waals surface area contributed by atoms with Crippen LogP contribution in [0.15, 0.2) is 59.5 Å². The van der Waals surface area contributed by atoms with E-state index in [4.69, 9.17) is 5.73 Å². The Balaban J connectivity index is 2.16. The molecule has 0 amide bonds. The Bertz CT molecular complexity index is 809. The topological polar surface area (TPSA) is 107 Å². The van der Waals surface area contributed by atoms with Crippen LogP contribution in [-0.4, -0.2) is 37.3 Å². The summed E-state index contributed by atoms with van der Waals surface area (Å²) in [5.74, 6) is 0. The van der Waals surface area contributed by atoms with Crippen molar-refractivity contribution in [1.82, 2.24) is 4.31 Å². The molecule has 0 aliphatic rings. The first kappa shape index (κ1) is 18.1. The molecule has 2 rings (SSSR count). The van der Waals surface area contributed by atoms with Crippen LogP contribution in [-0.2, 0) is 16.4 Å². The molecule has 7 nitrogen and oxygen atoms in total. The van der Waals surface area contributed by atoms with Crippen LogP contribution < -0.4 is 5.73 Å². The number of benzene rings is 2. The number of rotatable bonds is 7. The van der Waals surface area contributed by atoms with Crippen molar-refractivity contribution in [2.45, 2.75) is 17.4 Å². The second-order valence-corrected chi connectivity index (χ2v) is 7.47. The maximum atomic E-state index is 12.6. The van der Waals surface area contributed by atoms with Gasteiger partial charge in [-0.2, -0.15) is 4.31 Å². The van der Waals surface area contributed by atoms with Crippen LogP contribution in [0.25, 0.3) is 0 Å². The van der Waals surface area contributed by atoms with Gasteiger partial charge in [0.1, 0.15) is 0 Å². The van der Waals surface area contributed by atoms with Crippen LogP contribution >= 0.6 is 0 Å². The van der Waals surface area contributed by atoms with E-state index in [1.807, 2.05) is 30.3 Å². The molecule has 2 aromatic carbocycles. The zero-order valence-corrected chi connectivity index (χ0v) is 14.0. The molecule has 0 radical (unpaired) electrons. The number of nitrogens with two attached hydrogens (primary N) is 1. The third kappa shape index (κ3) is 4.16. The fourth-order valence-electron chi connectivity index (χ4n) is 2.40. The molecule has 1 unspecified atom stereocenters. The molecular formula is C16H19N3O4S. The van der Waals surface area contributed by atoms with Crippen molar-refractivity contribution in [3.63, 3.8) is 0 Å². The first-order valence-corrected chi connectivity index (χ1v) is 8.75. The van der Waals surface area contributed by atoms with Crippen molar-refractivity contribution in [2.24, 2.45) is 5.73 Å². The van der Waals surface area contributed by atoms with Crippen LogP contribution in [0.5, 0.6) is 0 Å². The molecule has 0 aliphatic carbocycles. The molecule has 0 aliphatic heterocycles. The summed E-state index contributed by atoms with van der Waals surface area (Å²) in [5, 5.41) is 11.1. The van der Waals surface area contributed by atoms with Gasteiger partial charge >= 0.3 is 0 Å². The lowest BCUT2D eigenvalue weighted by molar-refractivity contribution is -0.387. The van der Waals surface area contributed by atoms with E-state index in [-0.39, 0.29) is 11.4 Å². The predicted octanol–water partition coefficient (Wildman–Crippen LogP) is 1.79. The molecule has 0 saturated carbocycles. The SMILES string of the molecule is CN(CC(N)Cc1ccccc1)S(=O)(=O)c1ccccc1[N+](=O)[O-]. The Morgan fingerprint density at radius 2 is 1.71 bits per heavy atom. The van der Waals surface area contributed by atoms with Gasteiger partial charge in [0.25, 0.3) is 5.69 Å². The van der Waals surface area contributed by atoms with Gasteiger partial charge in [-0.1, -0.05) is 42.5 Å². The molecule has 0 fully saturated rings. The summed E-state index contributed by atoms with van der Waals surface area (Å²) in [7, 11) is -2.62. The molecule has 128 valence electrons. The minimum Gasteiger partial charge on any atom is -0.326 e. The second kappa shape index (κ2) is 7.52. The Hall–Kier alpha value is -2.29. The van der Waals surface area contributed by atoms with Gasteiger partial charge in [-0.3, -0.25) is 10.1 Å². The maximum Gasteiger partial charge on any atom is 0.289 e. The van der Waals surface area contributed by atoms with Crippen LogP contribution in [0, 0.1) is 10.1 Å². The number of nitrogens with zero attached hydrogens (tertiary/aromatic N) is 2. The van der Waals surface area contributed by atoms with E-state index in [1.54, 1.807) is 0 Å². The van der Waals surface area contributed by atoms with Crippen LogP contribution in [0.2, 0.25) is 0 Å². The maximum absolute atomic E-state index is 12.6. The average molecular weight is 349 g/mol. The predicted molar refractivity (Wildman–Crippen MR) is 91.0 cm³/mol. The van der Waals surface area contributed by atoms with E-state index in [0.717, 1.165) is 9.87 Å². The summed E-state index contributed by atoms with van der Waals surface area (Å²) in [6.45, 7) is 0.0588. The first-order valence-electron chi connectivity index (χ1n) is 7.31. The van der Waals surface area contributed by atoms with E-state index in [9.17, 15) is 18.5 Å². The largest absolute Gasteiger partial charge is 0.326 e. The summed E-state index contributed by atoms with van der Waals surface area (Å²) in [6, 6.07) is 14.3. The first-order chi connectivity index (χ1) is 11.3. The Kier molecular flexibility index (Phi) is 5.66. The minimum absolute atomic E-state index is 0.0588. The molecule has 8 heteroatoms. The lowest BCUT2D eigenvalue weighted by Gasteiger charge is -2.21. The van der Waals surface area contributed by atoms with Gasteiger partial charge in [-0.25, -0.2) is 8.42 Å². The van der Waals surface area contributed by atoms with Gasteiger partial charge in [-0.05, 0) is 18.1 Å². The third-order valence-electron chi connectivity index (χ3n) is 3.58. The van der Waals surface area contributed by atoms with Gasteiger partial charge in [0.15, 0.2) is 4.90 Å². The zero-order chi connectivity index (χ0) is 17.7. The van der Waals surface area contributed by atoms with Gasteiger partial charge in [0.05, 0.1) is 4.92 Å².